The minimum atomic E-state index is -1.07. The summed E-state index contributed by atoms with van der Waals surface area (Å²) in [6, 6.07) is 49.9. The van der Waals surface area contributed by atoms with Gasteiger partial charge < -0.3 is 35.0 Å². The Morgan fingerprint density at radius 2 is 0.836 bits per heavy atom. The Labute approximate surface area is 369 Å². The van der Waals surface area contributed by atoms with Crippen molar-refractivity contribution in [3.05, 3.63) is 191 Å². The maximum atomic E-state index is 13.0. The second-order valence-electron chi connectivity index (χ2n) is 12.2. The average Bonchev–Trinajstić information content (AvgIpc) is 3.30. The molecule has 0 aliphatic rings. The van der Waals surface area contributed by atoms with Crippen molar-refractivity contribution in [2.24, 2.45) is 9.98 Å². The molecule has 6 rings (SSSR count). The third kappa shape index (κ3) is 16.8. The third-order valence-electron chi connectivity index (χ3n) is 8.34. The van der Waals surface area contributed by atoms with E-state index in [1.807, 2.05) is 109 Å². The van der Waals surface area contributed by atoms with Gasteiger partial charge in [-0.1, -0.05) is 169 Å². The Morgan fingerprint density at radius 3 is 1.20 bits per heavy atom. The van der Waals surface area contributed by atoms with Gasteiger partial charge in [-0.3, -0.25) is 9.98 Å². The summed E-state index contributed by atoms with van der Waals surface area (Å²) >= 11 is 0. The van der Waals surface area contributed by atoms with E-state index < -0.39 is 24.3 Å². The van der Waals surface area contributed by atoms with Crippen LogP contribution in [0, 0.1) is 22.7 Å². The molecule has 0 saturated heterocycles. The average molecular weight is 862 g/mol. The van der Waals surface area contributed by atoms with Crippen molar-refractivity contribution < 1.29 is 52.1 Å². The molecule has 0 fully saturated rings. The minimum Gasteiger partial charge on any atom is -0.870 e. The molecule has 12 heteroatoms. The van der Waals surface area contributed by atoms with Crippen molar-refractivity contribution in [2.75, 3.05) is 21.3 Å². The SMILES string of the molecule is CC#N.CC#N.CO.COc1cccc(C=N[C@H](c2ccccc2)[C@@H](O)c2ccccc2)c1[O-].COc1cccc(C=N[C@H](c2ccccc2)[C@@H]([O-])c2ccccc2)c1[O-].[Fe+3]. The molecular formula is C49H49FeN4O7. The van der Waals surface area contributed by atoms with Crippen LogP contribution in [0.4, 0.5) is 0 Å². The molecule has 0 amide bonds. The summed E-state index contributed by atoms with van der Waals surface area (Å²) in [5.41, 5.74) is 3.92. The Kier molecular flexibility index (Phi) is 26.0. The van der Waals surface area contributed by atoms with E-state index in [0.29, 0.717) is 16.7 Å². The van der Waals surface area contributed by atoms with E-state index in [4.69, 9.17) is 25.1 Å². The first kappa shape index (κ1) is 52.3. The number of ether oxygens (including phenoxy) is 2. The molecule has 1 radical (unpaired) electrons. The Bertz CT molecular complexity index is 2070. The first-order valence-corrected chi connectivity index (χ1v) is 18.6. The van der Waals surface area contributed by atoms with E-state index in [2.05, 4.69) is 9.98 Å². The molecule has 6 aromatic rings. The molecule has 0 saturated carbocycles. The standard InChI is InChI=1S/C22H21NO3.C22H20NO3.2C2H3N.CH4O.Fe/c2*1-26-19-14-8-13-18(21(19)24)15-23-20(16-9-4-2-5-10-16)22(25)17-11-6-3-7-12-17;2*1-2-3;1-2;/h2-15,20,22,24-25H,1H3;2-15,20,22,24H,1H3;2*1H3;2H,1H3;/q;-1;;;;+3/p-2/t2*20-,22+;;;;/m11..../s1. The predicted octanol–water partition coefficient (Wildman–Crippen LogP) is 7.36. The maximum absolute atomic E-state index is 13.0. The number of nitriles is 2. The molecule has 11 nitrogen and oxygen atoms in total. The van der Waals surface area contributed by atoms with Gasteiger partial charge in [-0.05, 0) is 39.9 Å². The second kappa shape index (κ2) is 30.3. The van der Waals surface area contributed by atoms with Crippen molar-refractivity contribution in [3.63, 3.8) is 0 Å². The van der Waals surface area contributed by atoms with Crippen molar-refractivity contribution in [2.45, 2.75) is 38.1 Å². The van der Waals surface area contributed by atoms with E-state index in [9.17, 15) is 20.4 Å². The molecular weight excluding hydrogens is 812 g/mol. The van der Waals surface area contributed by atoms with Gasteiger partial charge in [0.05, 0.1) is 32.4 Å². The van der Waals surface area contributed by atoms with Crippen LogP contribution in [0.3, 0.4) is 0 Å². The van der Waals surface area contributed by atoms with Crippen molar-refractivity contribution in [1.82, 2.24) is 0 Å². The summed E-state index contributed by atoms with van der Waals surface area (Å²) in [6.45, 7) is 2.86. The fraction of sp³-hybridized carbons (Fsp3) is 0.184. The summed E-state index contributed by atoms with van der Waals surface area (Å²) in [7, 11) is 3.91. The molecule has 61 heavy (non-hydrogen) atoms. The fourth-order valence-corrected chi connectivity index (χ4v) is 5.56. The summed E-state index contributed by atoms with van der Waals surface area (Å²) in [4.78, 5) is 9.03. The zero-order valence-electron chi connectivity index (χ0n) is 34.6. The number of rotatable bonds is 12. The Morgan fingerprint density at radius 1 is 0.525 bits per heavy atom. The smallest absolute Gasteiger partial charge is 0.870 e. The largest absolute Gasteiger partial charge is 3.00 e. The van der Waals surface area contributed by atoms with Gasteiger partial charge in [0.1, 0.15) is 23.6 Å². The number of methoxy groups -OCH3 is 2. The van der Waals surface area contributed by atoms with Crippen LogP contribution in [0.5, 0.6) is 23.0 Å². The number of hydrogen-bond acceptors (Lipinski definition) is 11. The van der Waals surface area contributed by atoms with Crippen molar-refractivity contribution in [3.8, 4) is 35.1 Å². The summed E-state index contributed by atoms with van der Waals surface area (Å²) in [6.07, 6.45) is 1.08. The minimum absolute atomic E-state index is 0. The van der Waals surface area contributed by atoms with E-state index in [0.717, 1.165) is 23.8 Å². The van der Waals surface area contributed by atoms with Gasteiger partial charge in [0.25, 0.3) is 0 Å². The van der Waals surface area contributed by atoms with Crippen LogP contribution in [0.25, 0.3) is 0 Å². The molecule has 2 N–H and O–H groups in total. The summed E-state index contributed by atoms with van der Waals surface area (Å²) in [5.74, 6) is 0.0632. The first-order chi connectivity index (χ1) is 29.2. The molecule has 0 aromatic heterocycles. The molecule has 0 bridgehead atoms. The number of hydrogen-bond donors (Lipinski definition) is 2. The van der Waals surface area contributed by atoms with Gasteiger partial charge in [-0.15, -0.1) is 0 Å². The van der Waals surface area contributed by atoms with Crippen molar-refractivity contribution >= 4 is 12.4 Å². The van der Waals surface area contributed by atoms with Crippen LogP contribution < -0.4 is 24.8 Å². The van der Waals surface area contributed by atoms with Crippen LogP contribution in [-0.4, -0.2) is 44.0 Å². The third-order valence-corrected chi connectivity index (χ3v) is 8.34. The van der Waals surface area contributed by atoms with E-state index in [1.54, 1.807) is 60.7 Å². The molecule has 0 heterocycles. The zero-order chi connectivity index (χ0) is 44.1. The molecule has 6 aromatic carbocycles. The van der Waals surface area contributed by atoms with E-state index >= 15 is 0 Å². The number of aliphatic imine (C=N–C) groups is 2. The van der Waals surface area contributed by atoms with Gasteiger partial charge in [-0.2, -0.15) is 10.5 Å². The number of nitrogens with zero attached hydrogens (tertiary/aromatic N) is 4. The van der Waals surface area contributed by atoms with Crippen LogP contribution in [0.15, 0.2) is 168 Å². The molecule has 315 valence electrons. The molecule has 0 aliphatic carbocycles. The number of aliphatic hydroxyl groups excluding tert-OH is 2. The van der Waals surface area contributed by atoms with Crippen molar-refractivity contribution in [1.29, 1.82) is 10.5 Å². The van der Waals surface area contributed by atoms with Crippen LogP contribution in [-0.2, 0) is 17.1 Å². The summed E-state index contributed by atoms with van der Waals surface area (Å²) in [5, 5.41) is 70.2. The molecule has 0 unspecified atom stereocenters. The second-order valence-corrected chi connectivity index (χ2v) is 12.2. The van der Waals surface area contributed by atoms with Gasteiger partial charge in [-0.25, -0.2) is 0 Å². The summed E-state index contributed by atoms with van der Waals surface area (Å²) < 4.78 is 10.1. The fourth-order valence-electron chi connectivity index (χ4n) is 5.56. The molecule has 4 atom stereocenters. The quantitative estimate of drug-likeness (QED) is 0.0932. The maximum Gasteiger partial charge on any atom is 3.00 e. The molecule has 0 spiro atoms. The predicted molar refractivity (Wildman–Crippen MR) is 230 cm³/mol. The van der Waals surface area contributed by atoms with Crippen LogP contribution in [0.2, 0.25) is 0 Å². The normalized spacial score (nSPS) is 11.8. The van der Waals surface area contributed by atoms with Gasteiger partial charge in [0.2, 0.25) is 0 Å². The van der Waals surface area contributed by atoms with E-state index in [1.165, 1.54) is 40.5 Å². The number of aliphatic hydroxyl groups is 2. The van der Waals surface area contributed by atoms with Gasteiger partial charge in [0, 0.05) is 33.4 Å². The topological polar surface area (TPSA) is 200 Å². The number of benzene rings is 6. The monoisotopic (exact) mass is 861 g/mol. The Balaban J connectivity index is 0.000000514. The van der Waals surface area contributed by atoms with Gasteiger partial charge >= 0.3 is 17.1 Å². The van der Waals surface area contributed by atoms with Gasteiger partial charge in [0.15, 0.2) is 0 Å². The Hall–Kier alpha value is -6.76. The van der Waals surface area contributed by atoms with Crippen LogP contribution in [0.1, 0.15) is 71.5 Å². The first-order valence-electron chi connectivity index (χ1n) is 18.6. The molecule has 0 aliphatic heterocycles. The van der Waals surface area contributed by atoms with E-state index in [-0.39, 0.29) is 40.1 Å². The van der Waals surface area contributed by atoms with Crippen LogP contribution >= 0.6 is 0 Å². The number of para-hydroxylation sites is 2. The zero-order valence-corrected chi connectivity index (χ0v) is 35.7.